The molecule has 1 amide bonds. The number of nitrogens with zero attached hydrogens (tertiary/aromatic N) is 2. The lowest BCUT2D eigenvalue weighted by Crippen LogP contribution is -2.34. The van der Waals surface area contributed by atoms with Gasteiger partial charge in [-0.2, -0.15) is 0 Å². The molecule has 0 aliphatic carbocycles. The maximum absolute atomic E-state index is 11.0. The van der Waals surface area contributed by atoms with Crippen molar-refractivity contribution in [3.8, 4) is 0 Å². The van der Waals surface area contributed by atoms with Crippen molar-refractivity contribution in [2.75, 3.05) is 18.0 Å². The van der Waals surface area contributed by atoms with E-state index in [2.05, 4.69) is 4.98 Å². The lowest BCUT2D eigenvalue weighted by atomic mass is 10.3. The molecule has 6 nitrogen and oxygen atoms in total. The number of aromatic nitrogens is 1. The van der Waals surface area contributed by atoms with Gasteiger partial charge in [-0.3, -0.25) is 4.79 Å². The largest absolute Gasteiger partial charge is 0.477 e. The number of carboxylic acids is 1. The Balaban J connectivity index is 2.93. The van der Waals surface area contributed by atoms with Crippen LogP contribution < -0.4 is 10.6 Å². The van der Waals surface area contributed by atoms with Gasteiger partial charge in [-0.15, -0.1) is 0 Å². The normalized spacial score (nSPS) is 10.3. The summed E-state index contributed by atoms with van der Waals surface area (Å²) >= 11 is 6.67. The van der Waals surface area contributed by atoms with Crippen LogP contribution >= 0.6 is 22.9 Å². The quantitative estimate of drug-likeness (QED) is 0.795. The van der Waals surface area contributed by atoms with Gasteiger partial charge in [0, 0.05) is 6.54 Å². The molecule has 1 aromatic rings. The average molecular weight is 292 g/mol. The van der Waals surface area contributed by atoms with Crippen LogP contribution in [0.3, 0.4) is 0 Å². The van der Waals surface area contributed by atoms with E-state index >= 15 is 0 Å². The molecule has 0 saturated heterocycles. The molecule has 0 aromatic carbocycles. The average Bonchev–Trinajstić information content (AvgIpc) is 2.66. The summed E-state index contributed by atoms with van der Waals surface area (Å²) in [6.07, 6.45) is 1.80. The molecule has 8 heteroatoms. The van der Waals surface area contributed by atoms with Crippen LogP contribution in [0.25, 0.3) is 0 Å². The van der Waals surface area contributed by atoms with Crippen molar-refractivity contribution in [3.05, 3.63) is 10.0 Å². The fraction of sp³-hybridized carbons (Fsp3) is 0.500. The number of carbonyl (C=O) groups is 2. The second kappa shape index (κ2) is 6.55. The summed E-state index contributed by atoms with van der Waals surface area (Å²) < 4.78 is 0. The second-order valence-corrected chi connectivity index (χ2v) is 5.00. The zero-order valence-electron chi connectivity index (χ0n) is 9.85. The number of hydrogen-bond donors (Lipinski definition) is 2. The molecule has 1 aromatic heterocycles. The number of primary amides is 1. The molecule has 18 heavy (non-hydrogen) atoms. The van der Waals surface area contributed by atoms with Gasteiger partial charge in [0.25, 0.3) is 0 Å². The topological polar surface area (TPSA) is 96.5 Å². The summed E-state index contributed by atoms with van der Waals surface area (Å²) in [6.45, 7) is 2.60. The fourth-order valence-electron chi connectivity index (χ4n) is 1.34. The third-order valence-electron chi connectivity index (χ3n) is 2.17. The fourth-order valence-corrected chi connectivity index (χ4v) is 2.49. The Morgan fingerprint density at radius 1 is 1.56 bits per heavy atom. The number of carboxylic acid groups (broad SMARTS) is 1. The first kappa shape index (κ1) is 14.7. The standard InChI is InChI=1S/C10H14ClN3O3S/c1-2-3-4-14(5-6(12)15)10-13-8(11)7(18-10)9(16)17/h2-5H2,1H3,(H2,12,15)(H,16,17). The minimum atomic E-state index is -1.13. The first-order chi connectivity index (χ1) is 8.45. The zero-order chi connectivity index (χ0) is 13.7. The van der Waals surface area contributed by atoms with E-state index < -0.39 is 11.9 Å². The molecule has 3 N–H and O–H groups in total. The predicted octanol–water partition coefficient (Wildman–Crippen LogP) is 1.59. The smallest absolute Gasteiger partial charge is 0.349 e. The van der Waals surface area contributed by atoms with Gasteiger partial charge in [-0.05, 0) is 6.42 Å². The van der Waals surface area contributed by atoms with E-state index in [1.807, 2.05) is 6.92 Å². The summed E-state index contributed by atoms with van der Waals surface area (Å²) in [7, 11) is 0. The molecule has 1 heterocycles. The number of nitrogens with two attached hydrogens (primary N) is 1. The van der Waals surface area contributed by atoms with Crippen LogP contribution in [0.4, 0.5) is 5.13 Å². The van der Waals surface area contributed by atoms with E-state index in [0.717, 1.165) is 24.2 Å². The van der Waals surface area contributed by atoms with E-state index in [4.69, 9.17) is 22.4 Å². The van der Waals surface area contributed by atoms with Crippen LogP contribution in [0.2, 0.25) is 5.15 Å². The molecule has 0 radical (unpaired) electrons. The Labute approximate surface area is 113 Å². The number of hydrogen-bond acceptors (Lipinski definition) is 5. The molecule has 0 aliphatic rings. The van der Waals surface area contributed by atoms with E-state index in [-0.39, 0.29) is 16.6 Å². The molecule has 0 fully saturated rings. The third-order valence-corrected chi connectivity index (χ3v) is 3.66. The van der Waals surface area contributed by atoms with E-state index in [1.54, 1.807) is 4.90 Å². The van der Waals surface area contributed by atoms with E-state index in [1.165, 1.54) is 0 Å². The van der Waals surface area contributed by atoms with Gasteiger partial charge in [0.05, 0.1) is 6.54 Å². The first-order valence-electron chi connectivity index (χ1n) is 5.38. The van der Waals surface area contributed by atoms with Crippen LogP contribution in [0, 0.1) is 0 Å². The minimum Gasteiger partial charge on any atom is -0.477 e. The van der Waals surface area contributed by atoms with Crippen LogP contribution in [-0.4, -0.2) is 35.1 Å². The molecule has 0 atom stereocenters. The predicted molar refractivity (Wildman–Crippen MR) is 70.4 cm³/mol. The maximum atomic E-state index is 11.0. The van der Waals surface area contributed by atoms with Crippen molar-refractivity contribution in [1.29, 1.82) is 0 Å². The van der Waals surface area contributed by atoms with Crippen molar-refractivity contribution in [3.63, 3.8) is 0 Å². The number of halogens is 1. The van der Waals surface area contributed by atoms with Crippen molar-refractivity contribution < 1.29 is 14.7 Å². The number of anilines is 1. The molecule has 0 spiro atoms. The number of carbonyl (C=O) groups excluding carboxylic acids is 1. The van der Waals surface area contributed by atoms with Crippen molar-refractivity contribution >= 4 is 39.9 Å². The number of unbranched alkanes of at least 4 members (excludes halogenated alkanes) is 1. The Morgan fingerprint density at radius 2 is 2.22 bits per heavy atom. The molecule has 0 bridgehead atoms. The lowest BCUT2D eigenvalue weighted by molar-refractivity contribution is -0.116. The van der Waals surface area contributed by atoms with Gasteiger partial charge >= 0.3 is 5.97 Å². The highest BCUT2D eigenvalue weighted by Gasteiger charge is 2.20. The van der Waals surface area contributed by atoms with Crippen molar-refractivity contribution in [1.82, 2.24) is 4.98 Å². The van der Waals surface area contributed by atoms with Gasteiger partial charge in [0.2, 0.25) is 5.91 Å². The van der Waals surface area contributed by atoms with Gasteiger partial charge in [0.15, 0.2) is 15.2 Å². The molecule has 100 valence electrons. The highest BCUT2D eigenvalue weighted by Crippen LogP contribution is 2.29. The number of thiazole rings is 1. The maximum Gasteiger partial charge on any atom is 0.349 e. The molecular weight excluding hydrogens is 278 g/mol. The minimum absolute atomic E-state index is 0.00288. The second-order valence-electron chi connectivity index (χ2n) is 3.66. The van der Waals surface area contributed by atoms with Gasteiger partial charge < -0.3 is 15.7 Å². The van der Waals surface area contributed by atoms with Crippen LogP contribution in [0.1, 0.15) is 29.4 Å². The lowest BCUT2D eigenvalue weighted by Gasteiger charge is -2.19. The molecule has 0 saturated carbocycles. The summed E-state index contributed by atoms with van der Waals surface area (Å²) in [5, 5.41) is 9.24. The van der Waals surface area contributed by atoms with Crippen LogP contribution in [-0.2, 0) is 4.79 Å². The molecule has 0 aliphatic heterocycles. The summed E-state index contributed by atoms with van der Waals surface area (Å²) in [6, 6.07) is 0. The first-order valence-corrected chi connectivity index (χ1v) is 6.58. The SMILES string of the molecule is CCCCN(CC(N)=O)c1nc(Cl)c(C(=O)O)s1. The zero-order valence-corrected chi connectivity index (χ0v) is 11.4. The van der Waals surface area contributed by atoms with Crippen LogP contribution in [0.5, 0.6) is 0 Å². The third kappa shape index (κ3) is 3.85. The van der Waals surface area contributed by atoms with Crippen molar-refractivity contribution in [2.24, 2.45) is 5.73 Å². The van der Waals surface area contributed by atoms with Gasteiger partial charge in [-0.1, -0.05) is 36.3 Å². The summed E-state index contributed by atoms with van der Waals surface area (Å²) in [5.74, 6) is -1.62. The van der Waals surface area contributed by atoms with E-state index in [0.29, 0.717) is 11.7 Å². The molecular formula is C10H14ClN3O3S. The monoisotopic (exact) mass is 291 g/mol. The summed E-state index contributed by atoms with van der Waals surface area (Å²) in [4.78, 5) is 27.4. The van der Waals surface area contributed by atoms with Crippen LogP contribution in [0.15, 0.2) is 0 Å². The highest BCUT2D eigenvalue weighted by atomic mass is 35.5. The molecule has 0 unspecified atom stereocenters. The Kier molecular flexibility index (Phi) is 5.36. The Hall–Kier alpha value is -1.34. The highest BCUT2D eigenvalue weighted by molar-refractivity contribution is 7.18. The number of aromatic carboxylic acids is 1. The van der Waals surface area contributed by atoms with E-state index in [9.17, 15) is 9.59 Å². The Morgan fingerprint density at radius 3 is 2.67 bits per heavy atom. The molecule has 1 rings (SSSR count). The number of amides is 1. The van der Waals surface area contributed by atoms with Gasteiger partial charge in [0.1, 0.15) is 0 Å². The number of rotatable bonds is 7. The Bertz CT molecular complexity index is 450. The van der Waals surface area contributed by atoms with Crippen molar-refractivity contribution in [2.45, 2.75) is 19.8 Å². The summed E-state index contributed by atoms with van der Waals surface area (Å²) in [5.41, 5.74) is 5.15. The van der Waals surface area contributed by atoms with Gasteiger partial charge in [-0.25, -0.2) is 9.78 Å².